The summed E-state index contributed by atoms with van der Waals surface area (Å²) in [5, 5.41) is 7.93. The third kappa shape index (κ3) is 1.99. The molecule has 0 fully saturated rings. The molecule has 1 aromatic rings. The Balaban J connectivity index is 2.86. The fraction of sp³-hybridized carbons (Fsp3) is 0.778. The van der Waals surface area contributed by atoms with Crippen LogP contribution in [0.2, 0.25) is 0 Å². The second-order valence-electron chi connectivity index (χ2n) is 3.36. The lowest BCUT2D eigenvalue weighted by Gasteiger charge is -2.12. The first-order valence-electron chi connectivity index (χ1n) is 4.90. The number of nitrogens with two attached hydrogens (primary N) is 1. The van der Waals surface area contributed by atoms with Crippen molar-refractivity contribution >= 4 is 5.82 Å². The highest BCUT2D eigenvalue weighted by molar-refractivity contribution is 5.32. The van der Waals surface area contributed by atoms with Crippen molar-refractivity contribution in [3.63, 3.8) is 0 Å². The van der Waals surface area contributed by atoms with E-state index in [-0.39, 0.29) is 0 Å². The van der Waals surface area contributed by atoms with Crippen molar-refractivity contribution in [3.8, 4) is 0 Å². The summed E-state index contributed by atoms with van der Waals surface area (Å²) in [5.41, 5.74) is 6.75. The van der Waals surface area contributed by atoms with Gasteiger partial charge in [-0.15, -0.1) is 5.10 Å². The van der Waals surface area contributed by atoms with Crippen LogP contribution in [-0.2, 0) is 6.42 Å². The first-order valence-corrected chi connectivity index (χ1v) is 4.90. The smallest absolute Gasteiger partial charge is 0.169 e. The molecule has 1 aromatic heterocycles. The Morgan fingerprint density at radius 2 is 2.15 bits per heavy atom. The summed E-state index contributed by atoms with van der Waals surface area (Å²) in [5.74, 6) is 0.574. The van der Waals surface area contributed by atoms with Crippen molar-refractivity contribution in [1.29, 1.82) is 0 Å². The number of aromatic nitrogens is 3. The van der Waals surface area contributed by atoms with E-state index in [4.69, 9.17) is 5.73 Å². The predicted octanol–water partition coefficient (Wildman–Crippen LogP) is 1.78. The molecular weight excluding hydrogens is 164 g/mol. The summed E-state index contributed by atoms with van der Waals surface area (Å²) in [4.78, 5) is 0. The molecule has 2 N–H and O–H groups in total. The van der Waals surface area contributed by atoms with E-state index in [9.17, 15) is 0 Å². The highest BCUT2D eigenvalue weighted by Crippen LogP contribution is 2.17. The lowest BCUT2D eigenvalue weighted by molar-refractivity contribution is 0.430. The van der Waals surface area contributed by atoms with Crippen molar-refractivity contribution in [1.82, 2.24) is 15.0 Å². The zero-order valence-electron chi connectivity index (χ0n) is 8.62. The van der Waals surface area contributed by atoms with Crippen molar-refractivity contribution in [2.75, 3.05) is 5.73 Å². The van der Waals surface area contributed by atoms with E-state index >= 15 is 0 Å². The molecule has 1 heterocycles. The third-order valence-electron chi connectivity index (χ3n) is 2.28. The van der Waals surface area contributed by atoms with Gasteiger partial charge in [0.25, 0.3) is 0 Å². The van der Waals surface area contributed by atoms with Gasteiger partial charge in [0.15, 0.2) is 5.82 Å². The number of nitrogens with zero attached hydrogens (tertiary/aromatic N) is 3. The Hall–Kier alpha value is -1.06. The maximum absolute atomic E-state index is 5.69. The van der Waals surface area contributed by atoms with Crippen LogP contribution < -0.4 is 5.73 Å². The zero-order valence-corrected chi connectivity index (χ0v) is 8.62. The average Bonchev–Trinajstić information content (AvgIpc) is 2.47. The van der Waals surface area contributed by atoms with Crippen LogP contribution in [0.5, 0.6) is 0 Å². The molecule has 0 radical (unpaired) electrons. The number of nitrogen functional groups attached to an aromatic ring is 1. The van der Waals surface area contributed by atoms with Crippen LogP contribution in [-0.4, -0.2) is 15.0 Å². The van der Waals surface area contributed by atoms with Crippen LogP contribution in [0.4, 0.5) is 5.82 Å². The lowest BCUT2D eigenvalue weighted by atomic mass is 10.2. The molecule has 74 valence electrons. The number of hydrogen-bond acceptors (Lipinski definition) is 3. The van der Waals surface area contributed by atoms with Gasteiger partial charge in [0.05, 0.1) is 11.7 Å². The lowest BCUT2D eigenvalue weighted by Crippen LogP contribution is -2.10. The maximum Gasteiger partial charge on any atom is 0.169 e. The van der Waals surface area contributed by atoms with E-state index < -0.39 is 0 Å². The number of hydrogen-bond donors (Lipinski definition) is 1. The van der Waals surface area contributed by atoms with Gasteiger partial charge in [-0.2, -0.15) is 0 Å². The molecule has 13 heavy (non-hydrogen) atoms. The molecule has 1 unspecified atom stereocenters. The minimum absolute atomic E-state index is 0.407. The standard InChI is InChI=1S/C9H18N4/c1-4-6-7(3)13-8(5-2)9(10)11-12-13/h7H,4-6,10H2,1-3H3. The molecule has 0 bridgehead atoms. The summed E-state index contributed by atoms with van der Waals surface area (Å²) in [6.45, 7) is 6.39. The minimum Gasteiger partial charge on any atom is -0.381 e. The largest absolute Gasteiger partial charge is 0.381 e. The Kier molecular flexibility index (Phi) is 3.28. The van der Waals surface area contributed by atoms with Crippen molar-refractivity contribution in [2.24, 2.45) is 0 Å². The van der Waals surface area contributed by atoms with Crippen LogP contribution in [0, 0.1) is 0 Å². The molecular formula is C9H18N4. The maximum atomic E-state index is 5.69. The molecule has 0 aromatic carbocycles. The van der Waals surface area contributed by atoms with Gasteiger partial charge in [-0.1, -0.05) is 25.5 Å². The summed E-state index contributed by atoms with van der Waals surface area (Å²) >= 11 is 0. The average molecular weight is 182 g/mol. The minimum atomic E-state index is 0.407. The molecule has 1 atom stereocenters. The monoisotopic (exact) mass is 182 g/mol. The molecule has 4 heteroatoms. The summed E-state index contributed by atoms with van der Waals surface area (Å²) in [6.07, 6.45) is 3.17. The van der Waals surface area contributed by atoms with Gasteiger partial charge < -0.3 is 5.73 Å². The quantitative estimate of drug-likeness (QED) is 0.772. The normalized spacial score (nSPS) is 13.2. The van der Waals surface area contributed by atoms with Crippen LogP contribution >= 0.6 is 0 Å². The zero-order chi connectivity index (χ0) is 9.84. The molecule has 0 aliphatic heterocycles. The Morgan fingerprint density at radius 3 is 2.69 bits per heavy atom. The van der Waals surface area contributed by atoms with E-state index in [1.54, 1.807) is 0 Å². The number of rotatable bonds is 4. The van der Waals surface area contributed by atoms with Gasteiger partial charge in [0.2, 0.25) is 0 Å². The van der Waals surface area contributed by atoms with Gasteiger partial charge in [0, 0.05) is 0 Å². The van der Waals surface area contributed by atoms with Gasteiger partial charge in [-0.05, 0) is 19.8 Å². The fourth-order valence-corrected chi connectivity index (χ4v) is 1.56. The van der Waals surface area contributed by atoms with Crippen molar-refractivity contribution in [3.05, 3.63) is 5.69 Å². The molecule has 0 amide bonds. The molecule has 1 rings (SSSR count). The van der Waals surface area contributed by atoms with E-state index in [2.05, 4.69) is 31.1 Å². The Morgan fingerprint density at radius 1 is 1.46 bits per heavy atom. The van der Waals surface area contributed by atoms with E-state index in [1.165, 1.54) is 0 Å². The van der Waals surface area contributed by atoms with E-state index in [1.807, 2.05) is 4.68 Å². The van der Waals surface area contributed by atoms with Crippen LogP contribution in [0.15, 0.2) is 0 Å². The molecule has 0 saturated carbocycles. The van der Waals surface area contributed by atoms with Crippen molar-refractivity contribution < 1.29 is 0 Å². The summed E-state index contributed by atoms with van der Waals surface area (Å²) < 4.78 is 1.94. The highest BCUT2D eigenvalue weighted by atomic mass is 15.5. The second-order valence-corrected chi connectivity index (χ2v) is 3.36. The fourth-order valence-electron chi connectivity index (χ4n) is 1.56. The predicted molar refractivity (Wildman–Crippen MR) is 53.4 cm³/mol. The van der Waals surface area contributed by atoms with Crippen LogP contribution in [0.3, 0.4) is 0 Å². The third-order valence-corrected chi connectivity index (χ3v) is 2.28. The molecule has 0 spiro atoms. The van der Waals surface area contributed by atoms with Gasteiger partial charge in [0.1, 0.15) is 0 Å². The summed E-state index contributed by atoms with van der Waals surface area (Å²) in [6, 6.07) is 0.407. The van der Waals surface area contributed by atoms with Gasteiger partial charge in [-0.3, -0.25) is 0 Å². The Bertz CT molecular complexity index is 267. The number of anilines is 1. The van der Waals surface area contributed by atoms with Gasteiger partial charge >= 0.3 is 0 Å². The van der Waals surface area contributed by atoms with E-state index in [0.717, 1.165) is 25.0 Å². The summed E-state index contributed by atoms with van der Waals surface area (Å²) in [7, 11) is 0. The van der Waals surface area contributed by atoms with Crippen molar-refractivity contribution in [2.45, 2.75) is 46.1 Å². The Labute approximate surface area is 79.1 Å². The van der Waals surface area contributed by atoms with E-state index in [0.29, 0.717) is 11.9 Å². The second kappa shape index (κ2) is 4.25. The van der Waals surface area contributed by atoms with Gasteiger partial charge in [-0.25, -0.2) is 4.68 Å². The topological polar surface area (TPSA) is 56.7 Å². The molecule has 4 nitrogen and oxygen atoms in total. The first kappa shape index (κ1) is 10.0. The molecule has 0 aliphatic carbocycles. The SMILES string of the molecule is CCCC(C)n1nnc(N)c1CC. The van der Waals surface area contributed by atoms with Crippen LogP contribution in [0.1, 0.15) is 45.3 Å². The first-order chi connectivity index (χ1) is 6.20. The highest BCUT2D eigenvalue weighted by Gasteiger charge is 2.12. The molecule has 0 aliphatic rings. The van der Waals surface area contributed by atoms with Crippen LogP contribution in [0.25, 0.3) is 0 Å². The molecule has 0 saturated heterocycles.